The molecular formula is C25H28N6O. The second-order valence-electron chi connectivity index (χ2n) is 8.87. The fourth-order valence-corrected chi connectivity index (χ4v) is 4.54. The second-order valence-corrected chi connectivity index (χ2v) is 8.87. The molecule has 1 N–H and O–H groups in total. The van der Waals surface area contributed by atoms with Gasteiger partial charge in [0.2, 0.25) is 5.82 Å². The van der Waals surface area contributed by atoms with Crippen molar-refractivity contribution in [3.8, 4) is 17.2 Å². The van der Waals surface area contributed by atoms with Crippen LogP contribution in [0, 0.1) is 17.2 Å². The zero-order valence-electron chi connectivity index (χ0n) is 18.8. The van der Waals surface area contributed by atoms with E-state index in [0.717, 1.165) is 53.0 Å². The van der Waals surface area contributed by atoms with Gasteiger partial charge in [-0.15, -0.1) is 0 Å². The first kappa shape index (κ1) is 21.8. The van der Waals surface area contributed by atoms with E-state index in [4.69, 9.17) is 5.26 Å². The summed E-state index contributed by atoms with van der Waals surface area (Å²) in [5, 5.41) is 13.6. The summed E-state index contributed by atoms with van der Waals surface area (Å²) >= 11 is 0. The maximum absolute atomic E-state index is 12.4. The van der Waals surface area contributed by atoms with Crippen LogP contribution in [0.25, 0.3) is 22.0 Å². The van der Waals surface area contributed by atoms with Crippen LogP contribution in [0.4, 0.5) is 5.69 Å². The number of anilines is 1. The standard InChI is InChI=1S/C25H28N6O/c1-16(32)22-14-27-23-9-6-18(19-12-28-24(11-26)29-13-19)10-21(23)25(22)30-20-7-4-17(5-8-20)15-31(2)3/h6,9-10,12-14,17,20H,4-5,7-8,15H2,1-3H3,(H,27,30)/t17-,20-. The van der Waals surface area contributed by atoms with Gasteiger partial charge in [0.25, 0.3) is 0 Å². The van der Waals surface area contributed by atoms with E-state index in [2.05, 4.69) is 39.3 Å². The zero-order valence-corrected chi connectivity index (χ0v) is 18.8. The third-order valence-corrected chi connectivity index (χ3v) is 6.15. The molecule has 0 unspecified atom stereocenters. The van der Waals surface area contributed by atoms with Gasteiger partial charge in [0.05, 0.1) is 16.8 Å². The number of aromatic nitrogens is 3. The Bertz CT molecular complexity index is 1160. The molecule has 1 aliphatic rings. The second kappa shape index (κ2) is 9.41. The van der Waals surface area contributed by atoms with Gasteiger partial charge in [0.15, 0.2) is 5.78 Å². The molecule has 0 spiro atoms. The zero-order chi connectivity index (χ0) is 22.7. The summed E-state index contributed by atoms with van der Waals surface area (Å²) < 4.78 is 0. The van der Waals surface area contributed by atoms with Crippen molar-refractivity contribution in [3.05, 3.63) is 48.2 Å². The number of ketones is 1. The Balaban J connectivity index is 1.67. The molecule has 0 aliphatic heterocycles. The van der Waals surface area contributed by atoms with E-state index in [9.17, 15) is 4.79 Å². The first-order chi connectivity index (χ1) is 15.4. The first-order valence-electron chi connectivity index (χ1n) is 11.0. The Labute approximate surface area is 188 Å². The number of hydrogen-bond donors (Lipinski definition) is 1. The van der Waals surface area contributed by atoms with E-state index < -0.39 is 0 Å². The predicted molar refractivity (Wildman–Crippen MR) is 125 cm³/mol. The Morgan fingerprint density at radius 3 is 2.44 bits per heavy atom. The lowest BCUT2D eigenvalue weighted by Gasteiger charge is -2.32. The van der Waals surface area contributed by atoms with Crippen molar-refractivity contribution in [2.24, 2.45) is 5.92 Å². The summed E-state index contributed by atoms with van der Waals surface area (Å²) in [6.07, 6.45) is 9.51. The van der Waals surface area contributed by atoms with Gasteiger partial charge in [-0.05, 0) is 70.3 Å². The molecule has 1 aliphatic carbocycles. The highest BCUT2D eigenvalue weighted by molar-refractivity contribution is 6.07. The van der Waals surface area contributed by atoms with Gasteiger partial charge in [-0.2, -0.15) is 5.26 Å². The molecule has 0 saturated heterocycles. The first-order valence-corrected chi connectivity index (χ1v) is 11.0. The fraction of sp³-hybridized carbons (Fsp3) is 0.400. The number of hydrogen-bond acceptors (Lipinski definition) is 7. The fourth-order valence-electron chi connectivity index (χ4n) is 4.54. The summed E-state index contributed by atoms with van der Waals surface area (Å²) in [5.74, 6) is 0.866. The van der Waals surface area contributed by atoms with Crippen LogP contribution in [0.5, 0.6) is 0 Å². The molecule has 0 amide bonds. The van der Waals surface area contributed by atoms with Crippen LogP contribution < -0.4 is 5.32 Å². The van der Waals surface area contributed by atoms with Crippen molar-refractivity contribution in [1.82, 2.24) is 19.9 Å². The summed E-state index contributed by atoms with van der Waals surface area (Å²) in [5.41, 5.74) is 4.03. The number of benzene rings is 1. The van der Waals surface area contributed by atoms with Crippen molar-refractivity contribution in [2.45, 2.75) is 38.6 Å². The van der Waals surface area contributed by atoms with Gasteiger partial charge in [-0.25, -0.2) is 9.97 Å². The molecule has 1 fully saturated rings. The molecular weight excluding hydrogens is 400 g/mol. The summed E-state index contributed by atoms with van der Waals surface area (Å²) in [7, 11) is 4.26. The molecule has 0 radical (unpaired) electrons. The van der Waals surface area contributed by atoms with Crippen molar-refractivity contribution in [1.29, 1.82) is 5.26 Å². The molecule has 1 saturated carbocycles. The van der Waals surface area contributed by atoms with E-state index in [0.29, 0.717) is 11.6 Å². The Kier molecular flexibility index (Phi) is 6.42. The van der Waals surface area contributed by atoms with Crippen molar-refractivity contribution >= 4 is 22.4 Å². The molecule has 2 aromatic heterocycles. The van der Waals surface area contributed by atoms with Crippen molar-refractivity contribution in [3.63, 3.8) is 0 Å². The third kappa shape index (κ3) is 4.76. The Morgan fingerprint density at radius 1 is 1.09 bits per heavy atom. The Morgan fingerprint density at radius 2 is 1.81 bits per heavy atom. The average Bonchev–Trinajstić information content (AvgIpc) is 2.79. The van der Waals surface area contributed by atoms with Gasteiger partial charge in [0.1, 0.15) is 6.07 Å². The maximum atomic E-state index is 12.4. The number of rotatable bonds is 6. The highest BCUT2D eigenvalue weighted by atomic mass is 16.1. The van der Waals surface area contributed by atoms with Crippen LogP contribution in [0.3, 0.4) is 0 Å². The minimum atomic E-state index is -0.00435. The van der Waals surface area contributed by atoms with Crippen molar-refractivity contribution < 1.29 is 4.79 Å². The van der Waals surface area contributed by atoms with E-state index in [1.54, 1.807) is 25.5 Å². The van der Waals surface area contributed by atoms with E-state index in [-0.39, 0.29) is 11.6 Å². The van der Waals surface area contributed by atoms with Crippen LogP contribution in [0.2, 0.25) is 0 Å². The summed E-state index contributed by atoms with van der Waals surface area (Å²) in [4.78, 5) is 27.4. The smallest absolute Gasteiger partial charge is 0.232 e. The van der Waals surface area contributed by atoms with E-state index in [1.165, 1.54) is 12.8 Å². The number of fused-ring (bicyclic) bond motifs is 1. The topological polar surface area (TPSA) is 94.8 Å². The lowest BCUT2D eigenvalue weighted by Crippen LogP contribution is -2.31. The molecule has 0 bridgehead atoms. The van der Waals surface area contributed by atoms with Gasteiger partial charge >= 0.3 is 0 Å². The Hall–Kier alpha value is -3.37. The van der Waals surface area contributed by atoms with Crippen LogP contribution in [-0.4, -0.2) is 52.3 Å². The average molecular weight is 429 g/mol. The number of nitrogens with zero attached hydrogens (tertiary/aromatic N) is 5. The van der Waals surface area contributed by atoms with E-state index >= 15 is 0 Å². The third-order valence-electron chi connectivity index (χ3n) is 6.15. The lowest BCUT2D eigenvalue weighted by molar-refractivity contribution is 0.101. The number of carbonyl (C=O) groups excluding carboxylic acids is 1. The monoisotopic (exact) mass is 428 g/mol. The number of Topliss-reactive ketones (excluding diaryl/α,β-unsaturated/α-hetero) is 1. The van der Waals surface area contributed by atoms with Crippen molar-refractivity contribution in [2.75, 3.05) is 26.0 Å². The summed E-state index contributed by atoms with van der Waals surface area (Å²) in [6, 6.07) is 8.21. The molecule has 7 heteroatoms. The number of carbonyl (C=O) groups is 1. The van der Waals surface area contributed by atoms with E-state index in [1.807, 2.05) is 24.3 Å². The molecule has 0 atom stereocenters. The van der Waals surface area contributed by atoms with Crippen LogP contribution in [0.15, 0.2) is 36.8 Å². The van der Waals surface area contributed by atoms with Gasteiger partial charge in [-0.3, -0.25) is 9.78 Å². The van der Waals surface area contributed by atoms with Gasteiger partial charge < -0.3 is 10.2 Å². The predicted octanol–water partition coefficient (Wildman–Crippen LogP) is 4.30. The highest BCUT2D eigenvalue weighted by Crippen LogP contribution is 2.34. The molecule has 7 nitrogen and oxygen atoms in total. The maximum Gasteiger partial charge on any atom is 0.232 e. The van der Waals surface area contributed by atoms with Crippen LogP contribution in [0.1, 0.15) is 48.8 Å². The lowest BCUT2D eigenvalue weighted by atomic mass is 9.85. The molecule has 1 aromatic carbocycles. The number of nitriles is 1. The van der Waals surface area contributed by atoms with Crippen LogP contribution >= 0.6 is 0 Å². The largest absolute Gasteiger partial charge is 0.381 e. The molecule has 4 rings (SSSR count). The van der Waals surface area contributed by atoms with Crippen LogP contribution in [-0.2, 0) is 0 Å². The normalized spacial score (nSPS) is 18.5. The minimum absolute atomic E-state index is 0.00435. The molecule has 164 valence electrons. The molecule has 3 aromatic rings. The SMILES string of the molecule is CC(=O)c1cnc2ccc(-c3cnc(C#N)nc3)cc2c1N[C@H]1CC[C@H](CN(C)C)CC1. The quantitative estimate of drug-likeness (QED) is 0.585. The van der Waals surface area contributed by atoms with Gasteiger partial charge in [0, 0.05) is 42.1 Å². The van der Waals surface area contributed by atoms with Gasteiger partial charge in [-0.1, -0.05) is 6.07 Å². The molecule has 2 heterocycles. The molecule has 32 heavy (non-hydrogen) atoms. The minimum Gasteiger partial charge on any atom is -0.381 e. The summed E-state index contributed by atoms with van der Waals surface area (Å²) in [6.45, 7) is 2.71. The number of pyridine rings is 1. The number of nitrogens with one attached hydrogen (secondary N) is 1. The highest BCUT2D eigenvalue weighted by Gasteiger charge is 2.23.